The number of rotatable bonds is 0. The number of allylic oxidation sites excluding steroid dienone is 5. The van der Waals surface area contributed by atoms with Gasteiger partial charge >= 0.3 is 5.97 Å². The van der Waals surface area contributed by atoms with Crippen molar-refractivity contribution in [1.82, 2.24) is 30.2 Å². The highest BCUT2D eigenvalue weighted by Crippen LogP contribution is 2.33. The van der Waals surface area contributed by atoms with Gasteiger partial charge in [-0.3, -0.25) is 24.9 Å². The van der Waals surface area contributed by atoms with Gasteiger partial charge in [0.25, 0.3) is 0 Å². The maximum absolute atomic E-state index is 11.3. The number of H-pyrrole nitrogens is 2. The van der Waals surface area contributed by atoms with E-state index in [1.54, 1.807) is 18.3 Å². The number of esters is 1. The molecule has 0 aliphatic carbocycles. The third-order valence-electron chi connectivity index (χ3n) is 15.1. The molecule has 2 N–H and O–H groups in total. The molecule has 0 saturated heterocycles. The van der Waals surface area contributed by atoms with Crippen molar-refractivity contribution in [2.45, 2.75) is 234 Å². The minimum absolute atomic E-state index is 0.0118. The molecule has 3 aromatic heterocycles. The number of amides is 1. The number of cyclic esters (lactones) is 1. The van der Waals surface area contributed by atoms with Crippen LogP contribution in [0.2, 0.25) is 0 Å². The highest BCUT2D eigenvalue weighted by Gasteiger charge is 2.30. The third kappa shape index (κ3) is 31.8. The Balaban J connectivity index is 0.000000557. The average Bonchev–Trinajstić information content (AvgIpc) is 1.32. The first kappa shape index (κ1) is 87.6. The van der Waals surface area contributed by atoms with Crippen LogP contribution in [0.25, 0.3) is 0 Å². The van der Waals surface area contributed by atoms with E-state index in [4.69, 9.17) is 54.2 Å². The zero-order valence-electron chi connectivity index (χ0n) is 65.1. The fraction of sp³-hybridized carbons (Fsp3) is 0.518. The van der Waals surface area contributed by atoms with Crippen molar-refractivity contribution in [3.63, 3.8) is 0 Å². The van der Waals surface area contributed by atoms with Crippen LogP contribution in [0, 0.1) is 113 Å². The number of hydrogen-bond donors (Lipinski definition) is 2. The van der Waals surface area contributed by atoms with Crippen LogP contribution in [-0.4, -0.2) is 103 Å². The Hall–Kier alpha value is -9.39. The number of terminal acetylenes is 7. The summed E-state index contributed by atoms with van der Waals surface area (Å²) in [4.78, 5) is 47.9. The normalized spacial score (nSPS) is 16.3. The van der Waals surface area contributed by atoms with Gasteiger partial charge in [0.15, 0.2) is 11.5 Å². The highest BCUT2D eigenvalue weighted by atomic mass is 16.5. The molecule has 530 valence electrons. The summed E-state index contributed by atoms with van der Waals surface area (Å²) in [7, 11) is 0. The highest BCUT2D eigenvalue weighted by molar-refractivity contribution is 6.15. The van der Waals surface area contributed by atoms with Crippen LogP contribution in [0.1, 0.15) is 241 Å². The molecule has 0 radical (unpaired) electrons. The largest absolute Gasteiger partial charge is 0.458 e. The molecule has 1 atom stereocenters. The van der Waals surface area contributed by atoms with E-state index in [1.807, 2.05) is 50.0 Å². The van der Waals surface area contributed by atoms with Gasteiger partial charge in [-0.25, -0.2) is 14.8 Å². The van der Waals surface area contributed by atoms with Crippen molar-refractivity contribution in [2.24, 2.45) is 47.0 Å². The zero-order chi connectivity index (χ0) is 76.3. The predicted octanol–water partition coefficient (Wildman–Crippen LogP) is 17.3. The Kier molecular flexibility index (Phi) is 33.2. The van der Waals surface area contributed by atoms with Crippen LogP contribution >= 0.6 is 0 Å². The van der Waals surface area contributed by atoms with Gasteiger partial charge < -0.3 is 19.1 Å². The molecule has 0 aromatic carbocycles. The molecule has 0 saturated carbocycles. The first-order valence-corrected chi connectivity index (χ1v) is 33.6. The maximum Gasteiger partial charge on any atom is 0.330 e. The molecule has 6 aliphatic heterocycles. The van der Waals surface area contributed by atoms with E-state index in [2.05, 4.69) is 271 Å². The second kappa shape index (κ2) is 37.5. The number of imidazole rings is 1. The first-order chi connectivity index (χ1) is 45.3. The summed E-state index contributed by atoms with van der Waals surface area (Å²) in [6.07, 6.45) is 56.3. The number of carbonyl (C=O) groups is 2. The molecule has 6 aliphatic rings. The molecule has 1 amide bonds. The molecule has 9 rings (SSSR count). The van der Waals surface area contributed by atoms with E-state index in [0.717, 1.165) is 96.8 Å². The van der Waals surface area contributed by atoms with Crippen molar-refractivity contribution in [3.05, 3.63) is 124 Å². The lowest BCUT2D eigenvalue weighted by molar-refractivity contribution is -0.149. The third-order valence-corrected chi connectivity index (χ3v) is 15.1. The van der Waals surface area contributed by atoms with Gasteiger partial charge in [0.05, 0.1) is 31.0 Å². The fourth-order valence-electron chi connectivity index (χ4n) is 8.90. The monoisotopic (exact) mass is 1340 g/mol. The Bertz CT molecular complexity index is 3650. The average molecular weight is 1340 g/mol. The number of carbonyl (C=O) groups excluding carboxylic acids is 2. The van der Waals surface area contributed by atoms with Gasteiger partial charge in [0.1, 0.15) is 34.7 Å². The van der Waals surface area contributed by atoms with Crippen LogP contribution in [0.15, 0.2) is 114 Å². The number of aliphatic imine (C=N–C) groups is 4. The molecule has 9 heterocycles. The van der Waals surface area contributed by atoms with Gasteiger partial charge in [0.2, 0.25) is 5.91 Å². The number of hydrogen-bond acceptors (Lipinski definition) is 11. The minimum atomic E-state index is -0.212. The molecule has 0 bridgehead atoms. The lowest BCUT2D eigenvalue weighted by Gasteiger charge is -2.36. The number of aromatic nitrogens is 5. The standard InChI is InChI=1S/4C10H13N.2C9H12N2.C9H15NO.C9H11NO.C9H14O2/c1-5-9-6-8(7-11-9)10(2,3)4;2*1-5-9-8(6-7-11-9)10(2,3)4;1-5-8-6-7-9(11-8)10(2,3)4;1-5-8-10-6-7(11-8)9(2,3)4;1-5-7-6-8(11-10-7)9(2,3)4;1-9(2,3)10-7-5-4-6-8(10)11;1-5-7-6-8(11-10-7)9(2,3)4;1-9(2,3)7-5-4-6-8(10)11-7/h3*1,6H,7H2,2-4H3;1,7H,6H2,2-4H3;2*1,6H,2-4H3,(H,10,11);4,6H,5,7H2,1-3H3;1,6H,2-4H3;4,6-7H,5H2,1-3H3. The molecular weight excluding hydrogens is 1230 g/mol. The molecular formula is C85H116N10O4. The van der Waals surface area contributed by atoms with Gasteiger partial charge in [-0.05, 0) is 95.6 Å². The second-order valence-electron chi connectivity index (χ2n) is 33.3. The summed E-state index contributed by atoms with van der Waals surface area (Å²) in [5.74, 6) is 19.0. The first-order valence-electron chi connectivity index (χ1n) is 33.6. The molecule has 0 fully saturated rings. The topological polar surface area (TPSA) is 179 Å². The number of ether oxygens (including phenoxy) is 1. The second-order valence-corrected chi connectivity index (χ2v) is 33.3. The molecule has 14 heteroatoms. The van der Waals surface area contributed by atoms with E-state index in [-0.39, 0.29) is 66.8 Å². The van der Waals surface area contributed by atoms with E-state index < -0.39 is 0 Å². The van der Waals surface area contributed by atoms with Crippen LogP contribution in [0.4, 0.5) is 0 Å². The lowest BCUT2D eigenvalue weighted by atomic mass is 9.84. The quantitative estimate of drug-likeness (QED) is 0.166. The molecule has 14 nitrogen and oxygen atoms in total. The van der Waals surface area contributed by atoms with Gasteiger partial charge in [-0.2, -0.15) is 5.10 Å². The molecule has 99 heavy (non-hydrogen) atoms. The van der Waals surface area contributed by atoms with Crippen molar-refractivity contribution in [3.8, 4) is 86.4 Å². The molecule has 1 unspecified atom stereocenters. The van der Waals surface area contributed by atoms with Crippen molar-refractivity contribution in [1.29, 1.82) is 0 Å². The number of nitrogens with one attached hydrogen (secondary N) is 2. The summed E-state index contributed by atoms with van der Waals surface area (Å²) in [5, 5.41) is 10.6. The lowest BCUT2D eigenvalue weighted by Crippen LogP contribution is -2.46. The smallest absolute Gasteiger partial charge is 0.330 e. The molecule has 0 spiro atoms. The maximum atomic E-state index is 11.3. The van der Waals surface area contributed by atoms with Crippen molar-refractivity contribution >= 4 is 34.7 Å². The Labute approximate surface area is 598 Å². The fourth-order valence-corrected chi connectivity index (χ4v) is 8.90. The van der Waals surface area contributed by atoms with Crippen LogP contribution in [0.3, 0.4) is 0 Å². The SMILES string of the molecule is C#CC1=NC(C(C)(C)C)=CC1.C#CC1=NCC(C(C)(C)C)=C1.C#CC1=NCC=C1C(C)(C)C.C#CC1=NCC=C1C(C)(C)C.C#Cc1cc(C(C)(C)C)n[nH]1.C#Cc1cc(C(C)(C)C)on1.C#Cc1ncc(C(C)(C)C)[nH]1.CC(C)(C)C1CC=CC(=O)O1.CC(C)(C)N1CCC=CC1=O. The summed E-state index contributed by atoms with van der Waals surface area (Å²) in [5.41, 5.74) is 12.4. The van der Waals surface area contributed by atoms with Crippen molar-refractivity contribution < 1.29 is 18.8 Å². The number of nitrogens with zero attached hydrogens (tertiary/aromatic N) is 8. The van der Waals surface area contributed by atoms with Crippen LogP contribution < -0.4 is 0 Å². The Morgan fingerprint density at radius 3 is 1.41 bits per heavy atom. The van der Waals surface area contributed by atoms with Gasteiger partial charge in [0, 0.05) is 76.3 Å². The number of aromatic amines is 2. The Morgan fingerprint density at radius 1 is 0.576 bits per heavy atom. The van der Waals surface area contributed by atoms with Crippen molar-refractivity contribution in [2.75, 3.05) is 26.2 Å². The van der Waals surface area contributed by atoms with E-state index in [0.29, 0.717) is 11.5 Å². The summed E-state index contributed by atoms with van der Waals surface area (Å²) < 4.78 is 10.2. The minimum Gasteiger partial charge on any atom is -0.458 e. The zero-order valence-corrected chi connectivity index (χ0v) is 65.1. The van der Waals surface area contributed by atoms with E-state index >= 15 is 0 Å². The van der Waals surface area contributed by atoms with Gasteiger partial charge in [-0.15, -0.1) is 45.0 Å². The van der Waals surface area contributed by atoms with E-state index in [1.165, 1.54) is 22.8 Å². The van der Waals surface area contributed by atoms with E-state index in [9.17, 15) is 9.59 Å². The molecule has 3 aromatic rings. The Morgan fingerprint density at radius 2 is 1.14 bits per heavy atom. The van der Waals surface area contributed by atoms with Gasteiger partial charge in [-0.1, -0.05) is 231 Å². The summed E-state index contributed by atoms with van der Waals surface area (Å²) in [6, 6.07) is 3.69. The van der Waals surface area contributed by atoms with Crippen LogP contribution in [-0.2, 0) is 30.6 Å². The van der Waals surface area contributed by atoms with Crippen LogP contribution in [0.5, 0.6) is 0 Å². The summed E-state index contributed by atoms with van der Waals surface area (Å²) in [6.45, 7) is 60.2. The predicted molar refractivity (Wildman–Crippen MR) is 416 cm³/mol. The summed E-state index contributed by atoms with van der Waals surface area (Å²) >= 11 is 0.